The van der Waals surface area contributed by atoms with E-state index in [1.807, 2.05) is 0 Å². The summed E-state index contributed by atoms with van der Waals surface area (Å²) in [7, 11) is -8.60. The van der Waals surface area contributed by atoms with Gasteiger partial charge in [0, 0.05) is 11.4 Å². The maximum absolute atomic E-state index is 11.1. The third-order valence-electron chi connectivity index (χ3n) is 3.10. The van der Waals surface area contributed by atoms with Gasteiger partial charge in [-0.15, -0.1) is 0 Å². The molecule has 0 spiro atoms. The molecule has 0 saturated carbocycles. The molecule has 0 saturated heterocycles. The molecule has 2 aromatic carbocycles. The Bertz CT molecular complexity index is 889. The zero-order valence-corrected chi connectivity index (χ0v) is 14.8. The summed E-state index contributed by atoms with van der Waals surface area (Å²) in [6.45, 7) is 1.64. The molecule has 128 valence electrons. The average Bonchev–Trinajstić information content (AvgIpc) is 2.46. The largest absolute Gasteiger partial charge is 0.305 e. The lowest BCUT2D eigenvalue weighted by atomic mass is 10.2. The van der Waals surface area contributed by atoms with E-state index in [4.69, 9.17) is 21.3 Å². The lowest BCUT2D eigenvalue weighted by Crippen LogP contribution is -2.21. The molecule has 2 aromatic rings. The van der Waals surface area contributed by atoms with Gasteiger partial charge in [-0.25, -0.2) is 0 Å². The fourth-order valence-corrected chi connectivity index (χ4v) is 3.22. The van der Waals surface area contributed by atoms with Crippen molar-refractivity contribution in [1.82, 2.24) is 0 Å². The molecule has 24 heavy (non-hydrogen) atoms. The zero-order chi connectivity index (χ0) is 18.1. The lowest BCUT2D eigenvalue weighted by Gasteiger charge is -2.24. The number of anilines is 2. The first kappa shape index (κ1) is 18.5. The fourth-order valence-electron chi connectivity index (χ4n) is 2.05. The molecule has 0 atom stereocenters. The van der Waals surface area contributed by atoms with Gasteiger partial charge >= 0.3 is 0 Å². The Balaban J connectivity index is 2.45. The molecule has 0 aliphatic rings. The average molecular weight is 387 g/mol. The van der Waals surface area contributed by atoms with Crippen LogP contribution >= 0.6 is 12.2 Å². The summed E-state index contributed by atoms with van der Waals surface area (Å²) in [4.78, 5) is 1.50. The minimum Gasteiger partial charge on any atom is -0.305 e. The number of thiocarbonyl (C=S) groups is 1. The number of hydrogen-bond acceptors (Lipinski definition) is 5. The topological polar surface area (TPSA) is 112 Å². The molecule has 0 radical (unpaired) electrons. The van der Waals surface area contributed by atoms with Crippen molar-refractivity contribution in [2.45, 2.75) is 16.7 Å². The van der Waals surface area contributed by atoms with Crippen LogP contribution in [0.2, 0.25) is 0 Å². The van der Waals surface area contributed by atoms with Crippen molar-refractivity contribution in [2.24, 2.45) is 0 Å². The van der Waals surface area contributed by atoms with E-state index in [-0.39, 0.29) is 9.79 Å². The summed E-state index contributed by atoms with van der Waals surface area (Å²) >= 11 is 5.18. The highest BCUT2D eigenvalue weighted by Crippen LogP contribution is 2.28. The van der Waals surface area contributed by atoms with Gasteiger partial charge in [-0.05, 0) is 55.5 Å². The molecule has 0 amide bonds. The van der Waals surface area contributed by atoms with Gasteiger partial charge < -0.3 is 4.90 Å². The summed E-state index contributed by atoms with van der Waals surface area (Å²) in [6.07, 6.45) is 0. The van der Waals surface area contributed by atoms with Gasteiger partial charge in [0.15, 0.2) is 0 Å². The van der Waals surface area contributed by atoms with Crippen LogP contribution < -0.4 is 4.90 Å². The molecule has 7 nitrogen and oxygen atoms in total. The van der Waals surface area contributed by atoms with E-state index in [9.17, 15) is 16.8 Å². The van der Waals surface area contributed by atoms with Gasteiger partial charge in [-0.1, -0.05) is 12.2 Å². The van der Waals surface area contributed by atoms with Gasteiger partial charge in [0.25, 0.3) is 20.2 Å². The van der Waals surface area contributed by atoms with E-state index in [1.165, 1.54) is 48.5 Å². The Morgan fingerprint density at radius 3 is 1.29 bits per heavy atom. The van der Waals surface area contributed by atoms with Crippen molar-refractivity contribution in [3.8, 4) is 0 Å². The summed E-state index contributed by atoms with van der Waals surface area (Å²) in [5.74, 6) is 0. The van der Waals surface area contributed by atoms with Crippen LogP contribution in [0.25, 0.3) is 0 Å². The first-order valence-electron chi connectivity index (χ1n) is 6.46. The molecule has 0 fully saturated rings. The van der Waals surface area contributed by atoms with Crippen molar-refractivity contribution >= 4 is 48.8 Å². The van der Waals surface area contributed by atoms with E-state index in [0.29, 0.717) is 16.4 Å². The second-order valence-electron chi connectivity index (χ2n) is 4.79. The third kappa shape index (κ3) is 4.16. The number of benzene rings is 2. The minimum atomic E-state index is -4.30. The second kappa shape index (κ2) is 6.57. The van der Waals surface area contributed by atoms with Gasteiger partial charge in [0.05, 0.1) is 14.8 Å². The fraction of sp³-hybridized carbons (Fsp3) is 0.0714. The number of nitrogens with zero attached hydrogens (tertiary/aromatic N) is 1. The monoisotopic (exact) mass is 387 g/mol. The van der Waals surface area contributed by atoms with Crippen LogP contribution in [0.15, 0.2) is 58.3 Å². The standard InChI is InChI=1S/C14H13NO6S3/c1-10(22)15(11-2-6-13(7-3-11)23(16,17)18)12-4-8-14(9-5-12)24(19,20)21/h2-9H,1H3,(H,16,17,18)(H,19,20,21). The molecule has 0 bridgehead atoms. The highest BCUT2D eigenvalue weighted by molar-refractivity contribution is 7.86. The molecule has 0 unspecified atom stereocenters. The Hall–Kier alpha value is -1.85. The second-order valence-corrected chi connectivity index (χ2v) is 8.23. The smallest absolute Gasteiger partial charge is 0.294 e. The normalized spacial score (nSPS) is 12.0. The molecular weight excluding hydrogens is 374 g/mol. The molecular formula is C14H13NO6S3. The van der Waals surface area contributed by atoms with Crippen molar-refractivity contribution in [3.05, 3.63) is 48.5 Å². The Labute approximate surface area is 145 Å². The summed E-state index contributed by atoms with van der Waals surface area (Å²) < 4.78 is 62.3. The van der Waals surface area contributed by atoms with Crippen LogP contribution in [0.5, 0.6) is 0 Å². The SMILES string of the molecule is CC(=S)N(c1ccc(S(=O)(=O)O)cc1)c1ccc(S(=O)(=O)O)cc1. The van der Waals surface area contributed by atoms with Crippen LogP contribution in [0.1, 0.15) is 6.92 Å². The van der Waals surface area contributed by atoms with E-state index in [2.05, 4.69) is 0 Å². The minimum absolute atomic E-state index is 0.255. The zero-order valence-electron chi connectivity index (χ0n) is 12.3. The molecule has 0 heterocycles. The van der Waals surface area contributed by atoms with E-state index >= 15 is 0 Å². The van der Waals surface area contributed by atoms with Gasteiger partial charge in [-0.3, -0.25) is 9.11 Å². The van der Waals surface area contributed by atoms with Gasteiger partial charge in [-0.2, -0.15) is 16.8 Å². The van der Waals surface area contributed by atoms with Crippen LogP contribution in [0.4, 0.5) is 11.4 Å². The molecule has 0 aromatic heterocycles. The van der Waals surface area contributed by atoms with E-state index in [0.717, 1.165) is 0 Å². The maximum Gasteiger partial charge on any atom is 0.294 e. The maximum atomic E-state index is 11.1. The molecule has 2 rings (SSSR count). The Morgan fingerprint density at radius 1 is 0.792 bits per heavy atom. The van der Waals surface area contributed by atoms with Gasteiger partial charge in [0.1, 0.15) is 0 Å². The Kier molecular flexibility index (Phi) is 5.06. The summed E-state index contributed by atoms with van der Waals surface area (Å²) in [5.41, 5.74) is 1.05. The molecule has 2 N–H and O–H groups in total. The molecule has 0 aliphatic carbocycles. The van der Waals surface area contributed by atoms with E-state index in [1.54, 1.807) is 11.8 Å². The van der Waals surface area contributed by atoms with Crippen LogP contribution in [0.3, 0.4) is 0 Å². The third-order valence-corrected chi connectivity index (χ3v) is 5.02. The molecule has 0 aliphatic heterocycles. The quantitative estimate of drug-likeness (QED) is 0.608. The highest BCUT2D eigenvalue weighted by atomic mass is 32.2. The number of hydrogen-bond donors (Lipinski definition) is 2. The highest BCUT2D eigenvalue weighted by Gasteiger charge is 2.16. The predicted octanol–water partition coefficient (Wildman–Crippen LogP) is 2.67. The van der Waals surface area contributed by atoms with Crippen molar-refractivity contribution in [2.75, 3.05) is 4.90 Å². The van der Waals surface area contributed by atoms with Crippen molar-refractivity contribution < 1.29 is 25.9 Å². The first-order valence-corrected chi connectivity index (χ1v) is 9.75. The first-order chi connectivity index (χ1) is 11.0. The van der Waals surface area contributed by atoms with Crippen LogP contribution in [-0.4, -0.2) is 30.9 Å². The van der Waals surface area contributed by atoms with E-state index < -0.39 is 20.2 Å². The Morgan fingerprint density at radius 2 is 1.08 bits per heavy atom. The molecule has 10 heteroatoms. The van der Waals surface area contributed by atoms with Crippen molar-refractivity contribution in [3.63, 3.8) is 0 Å². The summed E-state index contributed by atoms with van der Waals surface area (Å²) in [5, 5.41) is 0. The summed E-state index contributed by atoms with van der Waals surface area (Å²) in [6, 6.07) is 10.7. The van der Waals surface area contributed by atoms with Gasteiger partial charge in [0.2, 0.25) is 0 Å². The number of rotatable bonds is 4. The van der Waals surface area contributed by atoms with Crippen LogP contribution in [0, 0.1) is 0 Å². The predicted molar refractivity (Wildman–Crippen MR) is 92.9 cm³/mol. The lowest BCUT2D eigenvalue weighted by molar-refractivity contribution is 0.481. The van der Waals surface area contributed by atoms with Crippen LogP contribution in [-0.2, 0) is 20.2 Å². The van der Waals surface area contributed by atoms with Crippen molar-refractivity contribution in [1.29, 1.82) is 0 Å².